The van der Waals surface area contributed by atoms with E-state index in [-0.39, 0.29) is 25.8 Å². The van der Waals surface area contributed by atoms with Gasteiger partial charge in [-0.05, 0) is 28.0 Å². The van der Waals surface area contributed by atoms with Crippen LogP contribution in [0, 0.1) is 16.2 Å². The minimum Gasteiger partial charge on any atom is -0.361 e. The molecule has 9 heterocycles. The molecular formula is C54H74BBrN15O5Si2. The Labute approximate surface area is 468 Å². The van der Waals surface area contributed by atoms with Gasteiger partial charge in [0, 0.05) is 110 Å². The number of halogens is 1. The van der Waals surface area contributed by atoms with Crippen molar-refractivity contribution < 1.29 is 23.9 Å². The first kappa shape index (κ1) is 62.2. The number of fused-ring (bicyclic) bond motifs is 3. The summed E-state index contributed by atoms with van der Waals surface area (Å²) < 4.78 is 19.6. The standard InChI is InChI=1S/C20H29N5O2Si.C17H26BrN3O2Si.C14H15N5O.C3H4N2.B/c1-20(2,3)18(26)15-12-25(14-27-9-10-28(4,5)6)19-17(15)23-16(11-22-19)24-8-7-21-13-24;1-17(2,3)15(22)12-10-21(11-23-7-8-24(4,5)6)16-14(12)20-13(18)9-19-16;1-14(2,3)12(20)9-6-16-13-11(9)18-10(7-17-13)19-5-4-15-8-19;1-2-5-3-4-1;/h7-8,11-13H,9-10,14H2,1-6H3;9-10H,7-8,11H2,1-6H3;4-8H,1-3H3,(H,16,17);1-3H,(H,4,5);. The third kappa shape index (κ3) is 17.0. The molecule has 0 fully saturated rings. The van der Waals surface area contributed by atoms with Crippen LogP contribution in [0.15, 0.2) is 97.9 Å². The number of nitrogens with one attached hydrogen (secondary N) is 2. The Balaban J connectivity index is 0.000000206. The van der Waals surface area contributed by atoms with Gasteiger partial charge in [-0.1, -0.05) is 102 Å². The van der Waals surface area contributed by atoms with Gasteiger partial charge in [0.1, 0.15) is 47.3 Å². The lowest BCUT2D eigenvalue weighted by Gasteiger charge is -2.16. The zero-order valence-corrected chi connectivity index (χ0v) is 51.3. The molecule has 9 aromatic rings. The number of imidazole rings is 3. The molecule has 0 atom stereocenters. The molecule has 0 unspecified atom stereocenters. The monoisotopic (exact) mass is 1160 g/mol. The first-order chi connectivity index (χ1) is 36.0. The zero-order valence-electron chi connectivity index (χ0n) is 47.7. The van der Waals surface area contributed by atoms with Crippen LogP contribution >= 0.6 is 15.9 Å². The smallest absolute Gasteiger partial charge is 0.171 e. The Morgan fingerprint density at radius 3 is 1.45 bits per heavy atom. The third-order valence-corrected chi connectivity index (χ3v) is 15.4. The maximum Gasteiger partial charge on any atom is 0.171 e. The topological polar surface area (TPSA) is 237 Å². The Hall–Kier alpha value is -6.60. The molecule has 0 aliphatic heterocycles. The summed E-state index contributed by atoms with van der Waals surface area (Å²) >= 11 is 3.34. The fourth-order valence-corrected chi connectivity index (χ4v) is 9.00. The Morgan fingerprint density at radius 1 is 0.590 bits per heavy atom. The van der Waals surface area contributed by atoms with Crippen LogP contribution in [0.3, 0.4) is 0 Å². The van der Waals surface area contributed by atoms with E-state index in [2.05, 4.69) is 105 Å². The summed E-state index contributed by atoms with van der Waals surface area (Å²) in [5.41, 5.74) is 4.07. The summed E-state index contributed by atoms with van der Waals surface area (Å²) in [6.45, 7) is 33.3. The molecule has 0 amide bonds. The number of aromatic nitrogens is 15. The highest BCUT2D eigenvalue weighted by Gasteiger charge is 2.30. The largest absolute Gasteiger partial charge is 0.361 e. The molecule has 0 saturated carbocycles. The number of carbonyl (C=O) groups is 3. The van der Waals surface area contributed by atoms with Crippen molar-refractivity contribution in [2.75, 3.05) is 13.2 Å². The van der Waals surface area contributed by atoms with Gasteiger partial charge < -0.3 is 28.6 Å². The van der Waals surface area contributed by atoms with Crippen molar-refractivity contribution in [1.29, 1.82) is 0 Å². The summed E-state index contributed by atoms with van der Waals surface area (Å²) in [4.78, 5) is 82.6. The van der Waals surface area contributed by atoms with Crippen molar-refractivity contribution in [2.24, 2.45) is 16.2 Å². The van der Waals surface area contributed by atoms with Crippen LogP contribution in [0.1, 0.15) is 93.4 Å². The molecule has 0 spiro atoms. The quantitative estimate of drug-likeness (QED) is 0.0552. The van der Waals surface area contributed by atoms with E-state index in [1.807, 2.05) is 83.8 Å². The van der Waals surface area contributed by atoms with Gasteiger partial charge in [0.25, 0.3) is 0 Å². The van der Waals surface area contributed by atoms with Gasteiger partial charge >= 0.3 is 0 Å². The van der Waals surface area contributed by atoms with Crippen LogP contribution in [-0.2, 0) is 22.9 Å². The highest BCUT2D eigenvalue weighted by Crippen LogP contribution is 2.30. The number of aromatic amines is 2. The van der Waals surface area contributed by atoms with Gasteiger partial charge in [-0.2, -0.15) is 0 Å². The molecule has 2 N–H and O–H groups in total. The SMILES string of the molecule is CC(C)(C)C(=O)c1c[nH]c2ncc(-n3ccnc3)nc12.CC(C)(C)C(=O)c1cn(COCC[Si](C)(C)C)c2ncc(-n3ccnc3)nc12.CC(C)(C)C(=O)c1cn(COCC[Si](C)(C)C)c2ncc(Br)nc12.[B].c1c[nH]cn1. The second kappa shape index (κ2) is 25.9. The summed E-state index contributed by atoms with van der Waals surface area (Å²) in [7, 11) is -2.27. The number of ketones is 3. The van der Waals surface area contributed by atoms with Crippen LogP contribution in [0.5, 0.6) is 0 Å². The van der Waals surface area contributed by atoms with E-state index in [0.717, 1.165) is 18.7 Å². The molecule has 20 nitrogen and oxygen atoms in total. The van der Waals surface area contributed by atoms with Gasteiger partial charge in [-0.15, -0.1) is 0 Å². The van der Waals surface area contributed by atoms with E-state index < -0.39 is 32.4 Å². The van der Waals surface area contributed by atoms with Crippen LogP contribution in [0.4, 0.5) is 0 Å². The van der Waals surface area contributed by atoms with E-state index in [1.54, 1.807) is 90.1 Å². The fourth-order valence-electron chi connectivity index (χ4n) is 7.20. The molecule has 0 bridgehead atoms. The van der Waals surface area contributed by atoms with Crippen LogP contribution in [0.25, 0.3) is 45.1 Å². The predicted octanol–water partition coefficient (Wildman–Crippen LogP) is 11.3. The van der Waals surface area contributed by atoms with Gasteiger partial charge in [-0.3, -0.25) is 23.5 Å². The van der Waals surface area contributed by atoms with Crippen molar-refractivity contribution in [3.63, 3.8) is 0 Å². The lowest BCUT2D eigenvalue weighted by atomic mass is 9.87. The Kier molecular flexibility index (Phi) is 20.7. The van der Waals surface area contributed by atoms with E-state index in [0.29, 0.717) is 86.5 Å². The first-order valence-corrected chi connectivity index (χ1v) is 33.6. The number of hydrogen-bond acceptors (Lipinski definition) is 14. The Morgan fingerprint density at radius 2 is 1.04 bits per heavy atom. The molecule has 78 heavy (non-hydrogen) atoms. The molecule has 24 heteroatoms. The summed E-state index contributed by atoms with van der Waals surface area (Å²) in [5, 5.41) is 0. The normalized spacial score (nSPS) is 12.1. The molecule has 0 aliphatic rings. The van der Waals surface area contributed by atoms with Gasteiger partial charge in [-0.25, -0.2) is 44.9 Å². The Bertz CT molecular complexity index is 3360. The van der Waals surface area contributed by atoms with Crippen molar-refractivity contribution in [1.82, 2.24) is 73.1 Å². The molecule has 0 aliphatic carbocycles. The van der Waals surface area contributed by atoms with Gasteiger partial charge in [0.05, 0.1) is 41.6 Å². The van der Waals surface area contributed by atoms with Crippen LogP contribution in [-0.4, -0.2) is 128 Å². The van der Waals surface area contributed by atoms with Crippen molar-refractivity contribution in [3.8, 4) is 11.6 Å². The predicted molar refractivity (Wildman–Crippen MR) is 315 cm³/mol. The highest BCUT2D eigenvalue weighted by molar-refractivity contribution is 9.10. The van der Waals surface area contributed by atoms with Crippen molar-refractivity contribution in [3.05, 3.63) is 115 Å². The molecule has 9 aromatic heterocycles. The summed E-state index contributed by atoms with van der Waals surface area (Å²) in [6, 6.07) is 2.20. The van der Waals surface area contributed by atoms with E-state index >= 15 is 0 Å². The molecule has 413 valence electrons. The van der Waals surface area contributed by atoms with E-state index in [1.165, 1.54) is 0 Å². The van der Waals surface area contributed by atoms with Crippen molar-refractivity contribution >= 4 is 91.3 Å². The molecule has 3 radical (unpaired) electrons. The fraction of sp³-hybridized carbons (Fsp3) is 0.444. The summed E-state index contributed by atoms with van der Waals surface area (Å²) in [5.74, 6) is 1.40. The van der Waals surface area contributed by atoms with E-state index in [4.69, 9.17) is 14.5 Å². The third-order valence-electron chi connectivity index (χ3n) is 11.6. The van der Waals surface area contributed by atoms with Crippen LogP contribution in [0.2, 0.25) is 51.4 Å². The molecule has 9 rings (SSSR count). The molecule has 0 aromatic carbocycles. The maximum atomic E-state index is 13.0. The van der Waals surface area contributed by atoms with Crippen molar-refractivity contribution in [2.45, 2.75) is 127 Å². The number of ether oxygens (including phenoxy) is 2. The van der Waals surface area contributed by atoms with Gasteiger partial charge in [0.15, 0.2) is 45.9 Å². The van der Waals surface area contributed by atoms with Crippen LogP contribution < -0.4 is 0 Å². The number of nitrogens with zero attached hydrogens (tertiary/aromatic N) is 13. The lowest BCUT2D eigenvalue weighted by Crippen LogP contribution is -2.22. The van der Waals surface area contributed by atoms with E-state index in [9.17, 15) is 14.4 Å². The molecule has 0 saturated heterocycles. The zero-order chi connectivity index (χ0) is 56.5. The minimum absolute atomic E-state index is 0. The first-order valence-electron chi connectivity index (χ1n) is 25.4. The number of Topliss-reactive ketones (excluding diaryl/α,β-unsaturated/α-hetero) is 3. The highest BCUT2D eigenvalue weighted by atomic mass is 79.9. The lowest BCUT2D eigenvalue weighted by molar-refractivity contribution is 0.0842. The minimum atomic E-state index is -1.15. The van der Waals surface area contributed by atoms with Gasteiger partial charge in [0.2, 0.25) is 0 Å². The summed E-state index contributed by atoms with van der Waals surface area (Å²) in [6.07, 6.45) is 25.6. The molecular weight excluding hydrogens is 1090 g/mol. The number of hydrogen-bond donors (Lipinski definition) is 2. The average Bonchev–Trinajstić information content (AvgIpc) is 4.22. The average molecular weight is 1160 g/mol. The second-order valence-corrected chi connectivity index (χ2v) is 36.1. The number of H-pyrrole nitrogens is 2. The number of carbonyl (C=O) groups excluding carboxylic acids is 3. The maximum absolute atomic E-state index is 13.0. The second-order valence-electron chi connectivity index (χ2n) is 24.1. The number of rotatable bonds is 15.